The van der Waals surface area contributed by atoms with Crippen molar-refractivity contribution in [1.82, 2.24) is 20.2 Å². The third kappa shape index (κ3) is 1.94. The summed E-state index contributed by atoms with van der Waals surface area (Å²) in [6.45, 7) is 3.05. The van der Waals surface area contributed by atoms with E-state index >= 15 is 0 Å². The lowest BCUT2D eigenvalue weighted by Crippen LogP contribution is -2.18. The summed E-state index contributed by atoms with van der Waals surface area (Å²) >= 11 is 0. The van der Waals surface area contributed by atoms with Gasteiger partial charge in [0.2, 0.25) is 0 Å². The second-order valence-corrected chi connectivity index (χ2v) is 3.90. The number of carboxylic acid groups (broad SMARTS) is 1. The van der Waals surface area contributed by atoms with Gasteiger partial charge < -0.3 is 5.11 Å². The van der Waals surface area contributed by atoms with Crippen molar-refractivity contribution in [2.75, 3.05) is 0 Å². The molecule has 18 heavy (non-hydrogen) atoms. The molecule has 0 saturated heterocycles. The van der Waals surface area contributed by atoms with E-state index < -0.39 is 17.8 Å². The van der Waals surface area contributed by atoms with E-state index in [1.165, 1.54) is 13.0 Å². The topological polar surface area (TPSA) is 80.9 Å². The molecule has 7 heteroatoms. The Balaban J connectivity index is 2.56. The summed E-state index contributed by atoms with van der Waals surface area (Å²) in [7, 11) is 0. The molecule has 0 amide bonds. The molecule has 2 aromatic rings. The van der Waals surface area contributed by atoms with Crippen LogP contribution >= 0.6 is 0 Å². The van der Waals surface area contributed by atoms with Crippen LogP contribution in [0.2, 0.25) is 0 Å². The number of hydrogen-bond donors (Lipinski definition) is 1. The smallest absolute Gasteiger partial charge is 0.328 e. The number of aliphatic carboxylic acids is 1. The normalized spacial score (nSPS) is 12.4. The van der Waals surface area contributed by atoms with Crippen molar-refractivity contribution in [3.05, 3.63) is 29.6 Å². The molecule has 1 aromatic heterocycles. The van der Waals surface area contributed by atoms with Crippen molar-refractivity contribution in [1.29, 1.82) is 0 Å². The largest absolute Gasteiger partial charge is 0.480 e. The van der Waals surface area contributed by atoms with Gasteiger partial charge in [-0.15, -0.1) is 5.10 Å². The fourth-order valence-corrected chi connectivity index (χ4v) is 1.56. The fourth-order valence-electron chi connectivity index (χ4n) is 1.56. The van der Waals surface area contributed by atoms with Gasteiger partial charge in [-0.25, -0.2) is 13.9 Å². The molecule has 0 fully saturated rings. The Labute approximate surface area is 102 Å². The molecule has 0 aliphatic heterocycles. The van der Waals surface area contributed by atoms with Gasteiger partial charge in [-0.1, -0.05) is 12.1 Å². The van der Waals surface area contributed by atoms with Crippen LogP contribution in [-0.4, -0.2) is 31.3 Å². The number of carboxylic acids is 1. The maximum absolute atomic E-state index is 14.0. The molecule has 0 spiro atoms. The highest BCUT2D eigenvalue weighted by molar-refractivity contribution is 5.72. The molecule has 94 valence electrons. The minimum absolute atomic E-state index is 0.103. The Morgan fingerprint density at radius 1 is 1.50 bits per heavy atom. The first-order valence-corrected chi connectivity index (χ1v) is 5.28. The number of hydrogen-bond acceptors (Lipinski definition) is 4. The first-order chi connectivity index (χ1) is 8.52. The van der Waals surface area contributed by atoms with Crippen LogP contribution in [0.4, 0.5) is 4.39 Å². The zero-order valence-corrected chi connectivity index (χ0v) is 9.83. The van der Waals surface area contributed by atoms with Crippen LogP contribution in [0.1, 0.15) is 18.5 Å². The molecule has 0 aliphatic rings. The van der Waals surface area contributed by atoms with Gasteiger partial charge >= 0.3 is 5.97 Å². The molecule has 2 rings (SSSR count). The van der Waals surface area contributed by atoms with E-state index in [2.05, 4.69) is 15.5 Å². The number of rotatable bonds is 3. The van der Waals surface area contributed by atoms with E-state index in [1.807, 2.05) is 0 Å². The van der Waals surface area contributed by atoms with E-state index in [-0.39, 0.29) is 11.4 Å². The number of carbonyl (C=O) groups is 1. The van der Waals surface area contributed by atoms with Gasteiger partial charge in [0.25, 0.3) is 0 Å². The molecular weight excluding hydrogens is 239 g/mol. The standard InChI is InChI=1S/C11H11FN4O2/c1-6-4-3-5-8(9(6)12)10-13-14-15-16(10)7(2)11(17)18/h3-5,7H,1-2H3,(H,17,18). The van der Waals surface area contributed by atoms with Gasteiger partial charge in [-0.2, -0.15) is 0 Å². The number of nitrogens with zero attached hydrogens (tertiary/aromatic N) is 4. The number of tetrazole rings is 1. The number of benzene rings is 1. The molecule has 0 bridgehead atoms. The van der Waals surface area contributed by atoms with Crippen molar-refractivity contribution in [2.45, 2.75) is 19.9 Å². The molecule has 0 aliphatic carbocycles. The monoisotopic (exact) mass is 250 g/mol. The van der Waals surface area contributed by atoms with Crippen LogP contribution in [0, 0.1) is 12.7 Å². The second kappa shape index (κ2) is 4.52. The second-order valence-electron chi connectivity index (χ2n) is 3.90. The summed E-state index contributed by atoms with van der Waals surface area (Å²) in [5.74, 6) is -1.44. The summed E-state index contributed by atoms with van der Waals surface area (Å²) in [5, 5.41) is 19.6. The molecular formula is C11H11FN4O2. The Morgan fingerprint density at radius 2 is 2.22 bits per heavy atom. The number of aromatic nitrogens is 4. The Bertz CT molecular complexity index is 596. The van der Waals surface area contributed by atoms with Gasteiger partial charge in [0.05, 0.1) is 5.56 Å². The number of aryl methyl sites for hydroxylation is 1. The van der Waals surface area contributed by atoms with Gasteiger partial charge in [-0.05, 0) is 35.9 Å². The Hall–Kier alpha value is -2.31. The van der Waals surface area contributed by atoms with Crippen molar-refractivity contribution >= 4 is 5.97 Å². The van der Waals surface area contributed by atoms with Crippen LogP contribution in [-0.2, 0) is 4.79 Å². The van der Waals surface area contributed by atoms with Crippen LogP contribution in [0.15, 0.2) is 18.2 Å². The Kier molecular flexibility index (Phi) is 3.05. The fraction of sp³-hybridized carbons (Fsp3) is 0.273. The van der Waals surface area contributed by atoms with Crippen molar-refractivity contribution in [3.63, 3.8) is 0 Å². The van der Waals surface area contributed by atoms with E-state index in [0.717, 1.165) is 4.68 Å². The molecule has 0 saturated carbocycles. The third-order valence-electron chi connectivity index (χ3n) is 2.65. The lowest BCUT2D eigenvalue weighted by atomic mass is 10.1. The van der Waals surface area contributed by atoms with Gasteiger partial charge in [0, 0.05) is 0 Å². The summed E-state index contributed by atoms with van der Waals surface area (Å²) in [5.41, 5.74) is 0.637. The quantitative estimate of drug-likeness (QED) is 0.891. The van der Waals surface area contributed by atoms with Crippen LogP contribution in [0.3, 0.4) is 0 Å². The predicted molar refractivity (Wildman–Crippen MR) is 60.3 cm³/mol. The van der Waals surface area contributed by atoms with E-state index in [0.29, 0.717) is 5.56 Å². The molecule has 6 nitrogen and oxygen atoms in total. The highest BCUT2D eigenvalue weighted by Gasteiger charge is 2.22. The van der Waals surface area contributed by atoms with Gasteiger partial charge in [0.1, 0.15) is 5.82 Å². The zero-order chi connectivity index (χ0) is 13.3. The molecule has 1 N–H and O–H groups in total. The van der Waals surface area contributed by atoms with Gasteiger partial charge in [0.15, 0.2) is 11.9 Å². The molecule has 1 aromatic carbocycles. The first-order valence-electron chi connectivity index (χ1n) is 5.28. The first kappa shape index (κ1) is 12.2. The van der Waals surface area contributed by atoms with Crippen LogP contribution in [0.25, 0.3) is 11.4 Å². The van der Waals surface area contributed by atoms with Crippen LogP contribution in [0.5, 0.6) is 0 Å². The molecule has 1 atom stereocenters. The van der Waals surface area contributed by atoms with Crippen molar-refractivity contribution in [3.8, 4) is 11.4 Å². The van der Waals surface area contributed by atoms with Crippen molar-refractivity contribution < 1.29 is 14.3 Å². The maximum atomic E-state index is 14.0. The maximum Gasteiger partial charge on any atom is 0.328 e. The SMILES string of the molecule is Cc1cccc(-c2nnnn2C(C)C(=O)O)c1F. The molecule has 0 radical (unpaired) electrons. The Morgan fingerprint density at radius 3 is 2.89 bits per heavy atom. The predicted octanol–water partition coefficient (Wildman–Crippen LogP) is 1.43. The van der Waals surface area contributed by atoms with Crippen molar-refractivity contribution in [2.24, 2.45) is 0 Å². The number of halogens is 1. The third-order valence-corrected chi connectivity index (χ3v) is 2.65. The average molecular weight is 250 g/mol. The lowest BCUT2D eigenvalue weighted by Gasteiger charge is -2.09. The summed E-state index contributed by atoms with van der Waals surface area (Å²) in [6, 6.07) is 3.83. The minimum atomic E-state index is -1.09. The summed E-state index contributed by atoms with van der Waals surface area (Å²) in [4.78, 5) is 10.9. The van der Waals surface area contributed by atoms with Gasteiger partial charge in [-0.3, -0.25) is 0 Å². The lowest BCUT2D eigenvalue weighted by molar-refractivity contribution is -0.140. The van der Waals surface area contributed by atoms with E-state index in [1.54, 1.807) is 19.1 Å². The highest BCUT2D eigenvalue weighted by Crippen LogP contribution is 2.24. The highest BCUT2D eigenvalue weighted by atomic mass is 19.1. The summed E-state index contributed by atoms with van der Waals surface area (Å²) < 4.78 is 15.0. The van der Waals surface area contributed by atoms with E-state index in [9.17, 15) is 9.18 Å². The van der Waals surface area contributed by atoms with E-state index in [4.69, 9.17) is 5.11 Å². The average Bonchev–Trinajstić information content (AvgIpc) is 2.80. The zero-order valence-electron chi connectivity index (χ0n) is 9.83. The minimum Gasteiger partial charge on any atom is -0.480 e. The molecule has 1 heterocycles. The van der Waals surface area contributed by atoms with Crippen LogP contribution < -0.4 is 0 Å². The molecule has 1 unspecified atom stereocenters. The summed E-state index contributed by atoms with van der Waals surface area (Å²) in [6.07, 6.45) is 0.